The molecule has 0 saturated carbocycles. The first-order valence-corrected chi connectivity index (χ1v) is 10.4. The molecule has 8 N–H and O–H groups in total. The van der Waals surface area contributed by atoms with Crippen molar-refractivity contribution in [2.45, 2.75) is 37.0 Å². The van der Waals surface area contributed by atoms with E-state index in [-0.39, 0.29) is 11.2 Å². The van der Waals surface area contributed by atoms with Gasteiger partial charge >= 0.3 is 5.97 Å². The van der Waals surface area contributed by atoms with Crippen molar-refractivity contribution in [1.29, 1.82) is 0 Å². The standard InChI is InChI=1S/C11H12N2O2.C10H12N4O5/c12-9(11(14)15)5-7-6-13-10-4-2-1-3-8(7)10;15-1-4-6(16)7(17)10(19-4)14-3-13-5-8(14)11-2-12-9(5)18/h1-4,6,9,13H,5,12H2,(H,14,15);2-4,6-7,10,15-17H,1H2,(H,11,12,18)/t9-;4-,6-,7-,10-/m01/s1. The number of carboxylic acid groups (broad SMARTS) is 1. The van der Waals surface area contributed by atoms with E-state index >= 15 is 0 Å². The van der Waals surface area contributed by atoms with E-state index in [4.69, 9.17) is 20.7 Å². The Kier molecular flexibility index (Phi) is 6.72. The van der Waals surface area contributed by atoms with Gasteiger partial charge in [-0.1, -0.05) is 18.2 Å². The van der Waals surface area contributed by atoms with E-state index in [9.17, 15) is 19.8 Å². The molecule has 0 unspecified atom stereocenters. The molecular weight excluding hydrogens is 448 g/mol. The number of ether oxygens (including phenoxy) is 1. The maximum atomic E-state index is 11.5. The number of aromatic nitrogens is 5. The van der Waals surface area contributed by atoms with Crippen molar-refractivity contribution in [3.8, 4) is 0 Å². The molecule has 1 fully saturated rings. The zero-order valence-corrected chi connectivity index (χ0v) is 17.8. The highest BCUT2D eigenvalue weighted by Gasteiger charge is 2.43. The van der Waals surface area contributed by atoms with Crippen LogP contribution in [-0.2, 0) is 16.0 Å². The number of para-hydroxylation sites is 1. The average molecular weight is 472 g/mol. The number of carbonyl (C=O) groups is 1. The van der Waals surface area contributed by atoms with Crippen LogP contribution in [0.1, 0.15) is 11.8 Å². The highest BCUT2D eigenvalue weighted by molar-refractivity contribution is 5.84. The van der Waals surface area contributed by atoms with Crippen LogP contribution in [0.25, 0.3) is 22.1 Å². The van der Waals surface area contributed by atoms with E-state index in [1.165, 1.54) is 17.2 Å². The number of imidazole rings is 1. The molecule has 0 spiro atoms. The van der Waals surface area contributed by atoms with Crippen LogP contribution >= 0.6 is 0 Å². The fourth-order valence-electron chi connectivity index (χ4n) is 3.78. The van der Waals surface area contributed by atoms with Gasteiger partial charge in [-0.3, -0.25) is 14.2 Å². The number of rotatable bonds is 5. The molecular formula is C21H24N6O7. The largest absolute Gasteiger partial charge is 0.480 e. The zero-order valence-electron chi connectivity index (χ0n) is 17.8. The number of aliphatic carboxylic acids is 1. The number of hydrogen-bond donors (Lipinski definition) is 7. The number of benzene rings is 1. The molecule has 180 valence electrons. The number of aromatic amines is 2. The van der Waals surface area contributed by atoms with Gasteiger partial charge < -0.3 is 40.9 Å². The number of carboxylic acids is 1. The molecule has 1 aliphatic rings. The molecule has 1 aliphatic heterocycles. The minimum absolute atomic E-state index is 0.111. The van der Waals surface area contributed by atoms with Gasteiger partial charge in [-0.2, -0.15) is 0 Å². The lowest BCUT2D eigenvalue weighted by Crippen LogP contribution is -2.33. The third kappa shape index (κ3) is 4.42. The maximum Gasteiger partial charge on any atom is 0.320 e. The Bertz CT molecular complexity index is 1350. The van der Waals surface area contributed by atoms with Crippen LogP contribution in [0.3, 0.4) is 0 Å². The SMILES string of the molecule is N[C@@H](Cc1c[nH]c2ccccc12)C(=O)O.O=c1[nH]cnc2c1ncn2[C@@H]1O[C@H](CO)[C@@H](O)[C@H]1O. The summed E-state index contributed by atoms with van der Waals surface area (Å²) >= 11 is 0. The molecule has 3 aromatic heterocycles. The first-order chi connectivity index (χ1) is 16.3. The van der Waals surface area contributed by atoms with Gasteiger partial charge in [0.2, 0.25) is 0 Å². The summed E-state index contributed by atoms with van der Waals surface area (Å²) in [6.45, 7) is -0.421. The van der Waals surface area contributed by atoms with Crippen LogP contribution in [0.4, 0.5) is 0 Å². The minimum Gasteiger partial charge on any atom is -0.480 e. The molecule has 1 aromatic carbocycles. The number of aliphatic hydroxyl groups is 3. The Labute approximate surface area is 191 Å². The number of nitrogens with two attached hydrogens (primary N) is 1. The second-order valence-corrected chi connectivity index (χ2v) is 7.79. The topological polar surface area (TPSA) is 213 Å². The van der Waals surface area contributed by atoms with Gasteiger partial charge in [0.25, 0.3) is 5.56 Å². The number of aliphatic hydroxyl groups excluding tert-OH is 3. The van der Waals surface area contributed by atoms with Gasteiger partial charge in [0.15, 0.2) is 17.4 Å². The van der Waals surface area contributed by atoms with Crippen LogP contribution < -0.4 is 11.3 Å². The van der Waals surface area contributed by atoms with Gasteiger partial charge in [-0.25, -0.2) is 9.97 Å². The second kappa shape index (κ2) is 9.70. The number of nitrogens with zero attached hydrogens (tertiary/aromatic N) is 3. The molecule has 5 atom stereocenters. The van der Waals surface area contributed by atoms with Crippen molar-refractivity contribution in [1.82, 2.24) is 24.5 Å². The third-order valence-corrected chi connectivity index (χ3v) is 5.59. The van der Waals surface area contributed by atoms with Gasteiger partial charge in [-0.15, -0.1) is 0 Å². The van der Waals surface area contributed by atoms with Crippen LogP contribution in [0.5, 0.6) is 0 Å². The predicted octanol–water partition coefficient (Wildman–Crippen LogP) is -1.15. The van der Waals surface area contributed by atoms with Crippen molar-refractivity contribution in [3.63, 3.8) is 0 Å². The smallest absolute Gasteiger partial charge is 0.320 e. The average Bonchev–Trinajstić information content (AvgIpc) is 3.52. The molecule has 4 heterocycles. The monoisotopic (exact) mass is 472 g/mol. The Balaban J connectivity index is 0.000000166. The normalized spacial score (nSPS) is 23.1. The van der Waals surface area contributed by atoms with E-state index < -0.39 is 48.7 Å². The van der Waals surface area contributed by atoms with Crippen LogP contribution in [0.15, 0.2) is 47.9 Å². The third-order valence-electron chi connectivity index (χ3n) is 5.59. The van der Waals surface area contributed by atoms with E-state index in [0.29, 0.717) is 6.42 Å². The van der Waals surface area contributed by atoms with Crippen molar-refractivity contribution in [2.24, 2.45) is 5.73 Å². The highest BCUT2D eigenvalue weighted by Crippen LogP contribution is 2.30. The molecule has 13 heteroatoms. The summed E-state index contributed by atoms with van der Waals surface area (Å²) in [6, 6.07) is 6.91. The summed E-state index contributed by atoms with van der Waals surface area (Å²) in [5, 5.41) is 38.4. The van der Waals surface area contributed by atoms with E-state index in [0.717, 1.165) is 16.5 Å². The number of H-pyrrole nitrogens is 2. The quantitative estimate of drug-likeness (QED) is 0.185. The van der Waals surface area contributed by atoms with E-state index in [1.54, 1.807) is 0 Å². The summed E-state index contributed by atoms with van der Waals surface area (Å²) in [5.74, 6) is -0.972. The lowest BCUT2D eigenvalue weighted by molar-refractivity contribution is -0.138. The fourth-order valence-corrected chi connectivity index (χ4v) is 3.78. The Hall–Kier alpha value is -3.62. The Morgan fingerprint density at radius 2 is 1.97 bits per heavy atom. The summed E-state index contributed by atoms with van der Waals surface area (Å²) in [4.78, 5) is 35.5. The first-order valence-electron chi connectivity index (χ1n) is 10.4. The minimum atomic E-state index is -1.24. The van der Waals surface area contributed by atoms with Gasteiger partial charge in [0.1, 0.15) is 24.4 Å². The molecule has 13 nitrogen and oxygen atoms in total. The lowest BCUT2D eigenvalue weighted by atomic mass is 10.1. The molecule has 0 radical (unpaired) electrons. The Morgan fingerprint density at radius 1 is 1.21 bits per heavy atom. The van der Waals surface area contributed by atoms with Crippen molar-refractivity contribution >= 4 is 28.0 Å². The predicted molar refractivity (Wildman–Crippen MR) is 119 cm³/mol. The molecule has 4 aromatic rings. The summed E-state index contributed by atoms with van der Waals surface area (Å²) < 4.78 is 6.70. The van der Waals surface area contributed by atoms with Crippen LogP contribution in [0, 0.1) is 0 Å². The van der Waals surface area contributed by atoms with Crippen molar-refractivity contribution in [2.75, 3.05) is 6.61 Å². The van der Waals surface area contributed by atoms with E-state index in [1.807, 2.05) is 30.5 Å². The summed E-state index contributed by atoms with van der Waals surface area (Å²) in [7, 11) is 0. The van der Waals surface area contributed by atoms with Crippen LogP contribution in [-0.4, -0.2) is 81.9 Å². The van der Waals surface area contributed by atoms with E-state index in [2.05, 4.69) is 19.9 Å². The van der Waals surface area contributed by atoms with Gasteiger partial charge in [0, 0.05) is 23.5 Å². The fraction of sp³-hybridized carbons (Fsp3) is 0.333. The Morgan fingerprint density at radius 3 is 2.68 bits per heavy atom. The number of hydrogen-bond acceptors (Lipinski definition) is 9. The second-order valence-electron chi connectivity index (χ2n) is 7.79. The molecule has 1 saturated heterocycles. The van der Waals surface area contributed by atoms with Crippen LogP contribution in [0.2, 0.25) is 0 Å². The first kappa shape index (κ1) is 23.5. The van der Waals surface area contributed by atoms with Crippen molar-refractivity contribution < 1.29 is 30.0 Å². The number of nitrogens with one attached hydrogen (secondary N) is 2. The summed E-state index contributed by atoms with van der Waals surface area (Å²) in [6.07, 6.45) is 0.375. The zero-order chi connectivity index (χ0) is 24.4. The maximum absolute atomic E-state index is 11.5. The lowest BCUT2D eigenvalue weighted by Gasteiger charge is -2.16. The van der Waals surface area contributed by atoms with Gasteiger partial charge in [0.05, 0.1) is 19.3 Å². The highest BCUT2D eigenvalue weighted by atomic mass is 16.6. The summed E-state index contributed by atoms with van der Waals surface area (Å²) in [5.41, 5.74) is 7.37. The molecule has 0 amide bonds. The molecule has 5 rings (SSSR count). The molecule has 34 heavy (non-hydrogen) atoms. The van der Waals surface area contributed by atoms with Crippen molar-refractivity contribution in [3.05, 3.63) is 59.0 Å². The number of fused-ring (bicyclic) bond motifs is 2. The van der Waals surface area contributed by atoms with Gasteiger partial charge in [-0.05, 0) is 11.6 Å². The molecule has 0 aliphatic carbocycles. The molecule has 0 bridgehead atoms.